The van der Waals surface area contributed by atoms with Gasteiger partial charge in [0, 0.05) is 16.7 Å². The molecule has 0 spiro atoms. The Bertz CT molecular complexity index is 253. The normalized spacial score (nSPS) is 26.2. The summed E-state index contributed by atoms with van der Waals surface area (Å²) in [6.45, 7) is 1.08. The molecule has 1 atom stereocenters. The van der Waals surface area contributed by atoms with E-state index >= 15 is 0 Å². The van der Waals surface area contributed by atoms with Gasteiger partial charge in [0.25, 0.3) is 0 Å². The monoisotopic (exact) mass is 225 g/mol. The third-order valence-corrected chi connectivity index (χ3v) is 3.80. The van der Waals surface area contributed by atoms with Crippen molar-refractivity contribution in [1.29, 1.82) is 0 Å². The van der Waals surface area contributed by atoms with Crippen LogP contribution < -0.4 is 0 Å². The Morgan fingerprint density at radius 1 is 1.46 bits per heavy atom. The van der Waals surface area contributed by atoms with Crippen LogP contribution in [0.15, 0.2) is 0 Å². The Morgan fingerprint density at radius 2 is 2.15 bits per heavy atom. The van der Waals surface area contributed by atoms with Gasteiger partial charge in [-0.3, -0.25) is 0 Å². The Balaban J connectivity index is 2.35. The fraction of sp³-hybridized carbons (Fsp3) is 1.00. The van der Waals surface area contributed by atoms with Gasteiger partial charge in [0.05, 0.1) is 5.75 Å². The van der Waals surface area contributed by atoms with Gasteiger partial charge in [0.2, 0.25) is 9.05 Å². The summed E-state index contributed by atoms with van der Waals surface area (Å²) in [5.74, 6) is 0.101. The van der Waals surface area contributed by atoms with Gasteiger partial charge in [-0.15, -0.1) is 0 Å². The minimum absolute atomic E-state index is 0.101. The number of rotatable bonds is 3. The number of hydrogen-bond acceptors (Lipinski definition) is 3. The molecule has 0 aromatic carbocycles. The highest BCUT2D eigenvalue weighted by Crippen LogP contribution is 2.18. The van der Waals surface area contributed by atoms with Gasteiger partial charge in [0.1, 0.15) is 0 Å². The van der Waals surface area contributed by atoms with Crippen molar-refractivity contribution < 1.29 is 8.42 Å². The van der Waals surface area contributed by atoms with E-state index in [2.05, 4.69) is 4.90 Å². The molecule has 0 bridgehead atoms. The molecule has 1 saturated heterocycles. The smallest absolute Gasteiger partial charge is 0.232 e. The minimum atomic E-state index is -3.30. The Morgan fingerprint density at radius 3 is 2.69 bits per heavy atom. The number of hydrogen-bond donors (Lipinski definition) is 0. The molecule has 13 heavy (non-hydrogen) atoms. The van der Waals surface area contributed by atoms with Crippen LogP contribution in [-0.2, 0) is 9.05 Å². The van der Waals surface area contributed by atoms with Crippen molar-refractivity contribution in [2.24, 2.45) is 0 Å². The van der Waals surface area contributed by atoms with E-state index < -0.39 is 9.05 Å². The lowest BCUT2D eigenvalue weighted by atomic mass is 10.0. The van der Waals surface area contributed by atoms with Crippen molar-refractivity contribution in [3.63, 3.8) is 0 Å². The average molecular weight is 226 g/mol. The molecule has 78 valence electrons. The third kappa shape index (κ3) is 4.29. The van der Waals surface area contributed by atoms with E-state index in [-0.39, 0.29) is 5.75 Å². The van der Waals surface area contributed by atoms with Gasteiger partial charge in [0.15, 0.2) is 0 Å². The van der Waals surface area contributed by atoms with Gasteiger partial charge in [-0.25, -0.2) is 8.42 Å². The van der Waals surface area contributed by atoms with E-state index in [1.54, 1.807) is 0 Å². The maximum absolute atomic E-state index is 10.7. The van der Waals surface area contributed by atoms with Crippen molar-refractivity contribution in [3.8, 4) is 0 Å². The van der Waals surface area contributed by atoms with Crippen molar-refractivity contribution in [2.45, 2.75) is 31.7 Å². The minimum Gasteiger partial charge on any atom is -0.303 e. The van der Waals surface area contributed by atoms with Crippen LogP contribution in [0.1, 0.15) is 25.7 Å². The van der Waals surface area contributed by atoms with Gasteiger partial charge in [-0.05, 0) is 32.9 Å². The van der Waals surface area contributed by atoms with E-state index in [0.29, 0.717) is 12.5 Å². The standard InChI is InChI=1S/C8H16ClNO2S/c1-10-6-3-2-4-8(10)5-7-13(9,11)12/h8H,2-7H2,1H3. The maximum atomic E-state index is 10.7. The molecule has 0 aromatic rings. The van der Waals surface area contributed by atoms with Crippen LogP contribution in [0.3, 0.4) is 0 Å². The molecule has 1 rings (SSSR count). The van der Waals surface area contributed by atoms with Gasteiger partial charge in [-0.1, -0.05) is 6.42 Å². The highest BCUT2D eigenvalue weighted by molar-refractivity contribution is 8.13. The number of piperidine rings is 1. The molecule has 1 aliphatic rings. The summed E-state index contributed by atoms with van der Waals surface area (Å²) in [6, 6.07) is 0.405. The molecule has 1 heterocycles. The molecule has 0 radical (unpaired) electrons. The summed E-state index contributed by atoms with van der Waals surface area (Å²) in [4.78, 5) is 2.23. The lowest BCUT2D eigenvalue weighted by Gasteiger charge is -2.32. The maximum Gasteiger partial charge on any atom is 0.232 e. The first kappa shape index (κ1) is 11.3. The van der Waals surface area contributed by atoms with Gasteiger partial charge in [-0.2, -0.15) is 0 Å². The summed E-state index contributed by atoms with van der Waals surface area (Å²) in [5, 5.41) is 0. The first-order chi connectivity index (χ1) is 5.99. The van der Waals surface area contributed by atoms with Crippen LogP contribution in [0.2, 0.25) is 0 Å². The zero-order chi connectivity index (χ0) is 9.90. The molecule has 0 N–H and O–H groups in total. The molecule has 3 nitrogen and oxygen atoms in total. The van der Waals surface area contributed by atoms with Crippen LogP contribution in [0.25, 0.3) is 0 Å². The second kappa shape index (κ2) is 4.62. The molecule has 1 fully saturated rings. The van der Waals surface area contributed by atoms with E-state index in [9.17, 15) is 8.42 Å². The van der Waals surface area contributed by atoms with Crippen molar-refractivity contribution in [1.82, 2.24) is 4.90 Å². The van der Waals surface area contributed by atoms with Crippen molar-refractivity contribution >= 4 is 19.7 Å². The highest BCUT2D eigenvalue weighted by atomic mass is 35.7. The second-order valence-corrected chi connectivity index (χ2v) is 6.56. The molecule has 0 amide bonds. The Kier molecular flexibility index (Phi) is 4.01. The second-order valence-electron chi connectivity index (χ2n) is 3.66. The quantitative estimate of drug-likeness (QED) is 0.682. The van der Waals surface area contributed by atoms with E-state index in [1.807, 2.05) is 7.05 Å². The average Bonchev–Trinajstić information content (AvgIpc) is 2.01. The summed E-state index contributed by atoms with van der Waals surface area (Å²) >= 11 is 0. The van der Waals surface area contributed by atoms with Crippen LogP contribution >= 0.6 is 10.7 Å². The topological polar surface area (TPSA) is 37.4 Å². The lowest BCUT2D eigenvalue weighted by molar-refractivity contribution is 0.181. The molecular weight excluding hydrogens is 210 g/mol. The molecule has 0 aliphatic carbocycles. The predicted octanol–water partition coefficient (Wildman–Crippen LogP) is 1.43. The Labute approximate surface area is 84.5 Å². The van der Waals surface area contributed by atoms with E-state index in [4.69, 9.17) is 10.7 Å². The molecule has 0 aromatic heterocycles. The number of halogens is 1. The summed E-state index contributed by atoms with van der Waals surface area (Å²) in [6.07, 6.45) is 4.20. The van der Waals surface area contributed by atoms with Gasteiger partial charge >= 0.3 is 0 Å². The SMILES string of the molecule is CN1CCCCC1CCS(=O)(=O)Cl. The largest absolute Gasteiger partial charge is 0.303 e. The van der Waals surface area contributed by atoms with E-state index in [0.717, 1.165) is 13.0 Å². The fourth-order valence-electron chi connectivity index (χ4n) is 1.79. The summed E-state index contributed by atoms with van der Waals surface area (Å²) in [7, 11) is 3.90. The van der Waals surface area contributed by atoms with Crippen LogP contribution in [0, 0.1) is 0 Å². The fourth-order valence-corrected chi connectivity index (χ4v) is 2.61. The van der Waals surface area contributed by atoms with Gasteiger partial charge < -0.3 is 4.90 Å². The third-order valence-electron chi connectivity index (χ3n) is 2.62. The zero-order valence-corrected chi connectivity index (χ0v) is 9.44. The number of likely N-dealkylation sites (tertiary alicyclic amines) is 1. The van der Waals surface area contributed by atoms with Crippen molar-refractivity contribution in [2.75, 3.05) is 19.3 Å². The van der Waals surface area contributed by atoms with Crippen LogP contribution in [0.5, 0.6) is 0 Å². The van der Waals surface area contributed by atoms with Crippen LogP contribution in [-0.4, -0.2) is 38.7 Å². The molecule has 1 aliphatic heterocycles. The molecule has 0 saturated carbocycles. The first-order valence-corrected chi connectivity index (χ1v) is 7.09. The van der Waals surface area contributed by atoms with Crippen molar-refractivity contribution in [3.05, 3.63) is 0 Å². The van der Waals surface area contributed by atoms with E-state index in [1.165, 1.54) is 12.8 Å². The molecule has 5 heteroatoms. The molecular formula is C8H16ClNO2S. The zero-order valence-electron chi connectivity index (χ0n) is 7.87. The Hall–Kier alpha value is 0.200. The molecule has 1 unspecified atom stereocenters. The first-order valence-electron chi connectivity index (χ1n) is 4.61. The summed E-state index contributed by atoms with van der Waals surface area (Å²) in [5.41, 5.74) is 0. The predicted molar refractivity (Wildman–Crippen MR) is 54.5 cm³/mol. The number of nitrogens with zero attached hydrogens (tertiary/aromatic N) is 1. The lowest BCUT2D eigenvalue weighted by Crippen LogP contribution is -2.37. The van der Waals surface area contributed by atoms with Crippen LogP contribution in [0.4, 0.5) is 0 Å². The highest BCUT2D eigenvalue weighted by Gasteiger charge is 2.20. The summed E-state index contributed by atoms with van der Waals surface area (Å²) < 4.78 is 21.5.